The van der Waals surface area contributed by atoms with Gasteiger partial charge in [-0.15, -0.1) is 0 Å². The molecule has 0 fully saturated rings. The molecule has 0 saturated carbocycles. The summed E-state index contributed by atoms with van der Waals surface area (Å²) in [4.78, 5) is 21.2. The molecule has 9 heteroatoms. The summed E-state index contributed by atoms with van der Waals surface area (Å²) in [6, 6.07) is 5.88. The number of halogens is 1. The van der Waals surface area contributed by atoms with Crippen LogP contribution in [0.5, 0.6) is 0 Å². The van der Waals surface area contributed by atoms with Crippen LogP contribution in [0.15, 0.2) is 29.0 Å². The van der Waals surface area contributed by atoms with Crippen molar-refractivity contribution >= 4 is 21.9 Å². The van der Waals surface area contributed by atoms with Gasteiger partial charge in [-0.3, -0.25) is 4.57 Å². The average molecular weight is 418 g/mol. The van der Waals surface area contributed by atoms with Gasteiger partial charge in [0.25, 0.3) is 0 Å². The van der Waals surface area contributed by atoms with Gasteiger partial charge in [0.05, 0.1) is 24.5 Å². The molecular weight excluding hydrogens is 402 g/mol. The summed E-state index contributed by atoms with van der Waals surface area (Å²) in [6.07, 6.45) is 1.64. The van der Waals surface area contributed by atoms with Gasteiger partial charge in [-0.25, -0.2) is 19.4 Å². The molecule has 0 spiro atoms. The predicted molar refractivity (Wildman–Crippen MR) is 96.1 cm³/mol. The minimum absolute atomic E-state index is 0.289. The summed E-state index contributed by atoms with van der Waals surface area (Å²) in [5.41, 5.74) is 2.76. The molecule has 0 N–H and O–H groups in total. The Morgan fingerprint density at radius 3 is 3.00 bits per heavy atom. The van der Waals surface area contributed by atoms with Crippen LogP contribution in [0.1, 0.15) is 28.9 Å². The smallest absolute Gasteiger partial charge is 0.358 e. The Balaban J connectivity index is 1.94. The molecule has 3 heterocycles. The number of carbonyl (C=O) groups is 1. The lowest BCUT2D eigenvalue weighted by atomic mass is 10.1. The van der Waals surface area contributed by atoms with Crippen LogP contribution in [0.3, 0.4) is 0 Å². The summed E-state index contributed by atoms with van der Waals surface area (Å²) in [7, 11) is 1.60. The Hall–Kier alpha value is -2.52. The Kier molecular flexibility index (Phi) is 4.33. The number of methoxy groups -OCH3 is 1. The van der Waals surface area contributed by atoms with E-state index < -0.39 is 5.97 Å². The summed E-state index contributed by atoms with van der Waals surface area (Å²) in [5, 5.41) is 4.53. The Morgan fingerprint density at radius 1 is 1.38 bits per heavy atom. The molecule has 0 unspecified atom stereocenters. The van der Waals surface area contributed by atoms with Gasteiger partial charge in [-0.2, -0.15) is 5.10 Å². The molecule has 4 rings (SSSR count). The van der Waals surface area contributed by atoms with E-state index in [4.69, 9.17) is 9.47 Å². The van der Waals surface area contributed by atoms with Crippen molar-refractivity contribution in [3.05, 3.63) is 46.2 Å². The summed E-state index contributed by atoms with van der Waals surface area (Å²) < 4.78 is 14.9. The van der Waals surface area contributed by atoms with Crippen molar-refractivity contribution in [3.8, 4) is 17.1 Å². The van der Waals surface area contributed by atoms with Crippen molar-refractivity contribution in [1.29, 1.82) is 0 Å². The van der Waals surface area contributed by atoms with Gasteiger partial charge in [-0.05, 0) is 25.1 Å². The Bertz CT molecular complexity index is 994. The number of ether oxygens (including phenoxy) is 2. The SMILES string of the molecule is CCOC(=O)c1ncn2c1Cn1nc(COC)nc1-c1cc(Br)ccc1-2. The number of carbonyl (C=O) groups excluding carboxylic acids is 1. The van der Waals surface area contributed by atoms with Crippen molar-refractivity contribution in [2.75, 3.05) is 13.7 Å². The molecule has 1 aliphatic heterocycles. The number of esters is 1. The molecule has 0 saturated heterocycles. The average Bonchev–Trinajstić information content (AvgIpc) is 3.18. The van der Waals surface area contributed by atoms with Crippen LogP contribution in [0.2, 0.25) is 0 Å². The lowest BCUT2D eigenvalue weighted by Gasteiger charge is -2.09. The van der Waals surface area contributed by atoms with Gasteiger partial charge >= 0.3 is 5.97 Å². The van der Waals surface area contributed by atoms with Crippen LogP contribution in [-0.4, -0.2) is 44.0 Å². The highest BCUT2D eigenvalue weighted by molar-refractivity contribution is 9.10. The molecule has 1 aliphatic rings. The summed E-state index contributed by atoms with van der Waals surface area (Å²) in [6.45, 7) is 2.73. The van der Waals surface area contributed by atoms with Gasteiger partial charge in [0.15, 0.2) is 17.3 Å². The van der Waals surface area contributed by atoms with E-state index in [0.29, 0.717) is 37.1 Å². The first kappa shape index (κ1) is 16.9. The monoisotopic (exact) mass is 417 g/mol. The van der Waals surface area contributed by atoms with Crippen molar-refractivity contribution in [2.24, 2.45) is 0 Å². The van der Waals surface area contributed by atoms with Gasteiger partial charge in [0.1, 0.15) is 12.9 Å². The number of benzene rings is 1. The first-order chi connectivity index (χ1) is 12.6. The van der Waals surface area contributed by atoms with E-state index >= 15 is 0 Å². The maximum Gasteiger partial charge on any atom is 0.358 e. The largest absolute Gasteiger partial charge is 0.461 e. The van der Waals surface area contributed by atoms with Crippen LogP contribution in [-0.2, 0) is 22.6 Å². The third-order valence-corrected chi connectivity index (χ3v) is 4.58. The number of rotatable bonds is 4. The standard InChI is InChI=1S/C17H16BrN5O3/c1-3-26-17(24)15-13-7-23-16(20-14(21-23)8-25-2)11-6-10(18)4-5-12(11)22(13)9-19-15/h4-6,9H,3,7-8H2,1-2H3. The highest BCUT2D eigenvalue weighted by atomic mass is 79.9. The molecule has 3 aromatic rings. The fourth-order valence-electron chi connectivity index (χ4n) is 3.03. The fraction of sp³-hybridized carbons (Fsp3) is 0.294. The quantitative estimate of drug-likeness (QED) is 0.474. The molecule has 0 aliphatic carbocycles. The minimum Gasteiger partial charge on any atom is -0.461 e. The van der Waals surface area contributed by atoms with Crippen molar-refractivity contribution < 1.29 is 14.3 Å². The molecule has 0 bridgehead atoms. The van der Waals surface area contributed by atoms with Gasteiger partial charge in [0.2, 0.25) is 0 Å². The van der Waals surface area contributed by atoms with Gasteiger partial charge in [0, 0.05) is 17.1 Å². The molecule has 26 heavy (non-hydrogen) atoms. The Morgan fingerprint density at radius 2 is 2.23 bits per heavy atom. The highest BCUT2D eigenvalue weighted by Gasteiger charge is 2.27. The summed E-state index contributed by atoms with van der Waals surface area (Å²) in [5.74, 6) is 0.853. The molecule has 134 valence electrons. The molecular formula is C17H16BrN5O3. The van der Waals surface area contributed by atoms with Crippen LogP contribution in [0, 0.1) is 0 Å². The van der Waals surface area contributed by atoms with Crippen LogP contribution >= 0.6 is 15.9 Å². The second-order valence-corrected chi connectivity index (χ2v) is 6.65. The highest BCUT2D eigenvalue weighted by Crippen LogP contribution is 2.33. The lowest BCUT2D eigenvalue weighted by Crippen LogP contribution is -2.13. The minimum atomic E-state index is -0.444. The molecule has 1 aromatic carbocycles. The maximum absolute atomic E-state index is 12.3. The van der Waals surface area contributed by atoms with E-state index in [2.05, 4.69) is 31.0 Å². The van der Waals surface area contributed by atoms with E-state index in [9.17, 15) is 4.79 Å². The molecule has 2 aromatic heterocycles. The maximum atomic E-state index is 12.3. The van der Waals surface area contributed by atoms with E-state index in [1.54, 1.807) is 25.0 Å². The zero-order chi connectivity index (χ0) is 18.3. The van der Waals surface area contributed by atoms with Crippen molar-refractivity contribution in [2.45, 2.75) is 20.1 Å². The zero-order valence-electron chi connectivity index (χ0n) is 14.3. The number of hydrogen-bond acceptors (Lipinski definition) is 6. The van der Waals surface area contributed by atoms with Gasteiger partial charge in [-0.1, -0.05) is 15.9 Å². The normalized spacial score (nSPS) is 12.1. The summed E-state index contributed by atoms with van der Waals surface area (Å²) >= 11 is 3.51. The molecule has 0 radical (unpaired) electrons. The number of imidazole rings is 1. The van der Waals surface area contributed by atoms with E-state index in [1.165, 1.54) is 0 Å². The number of fused-ring (bicyclic) bond motifs is 5. The fourth-order valence-corrected chi connectivity index (χ4v) is 3.39. The second-order valence-electron chi connectivity index (χ2n) is 5.73. The number of nitrogens with zero attached hydrogens (tertiary/aromatic N) is 5. The van der Waals surface area contributed by atoms with Crippen LogP contribution in [0.4, 0.5) is 0 Å². The lowest BCUT2D eigenvalue weighted by molar-refractivity contribution is 0.0518. The third kappa shape index (κ3) is 2.73. The van der Waals surface area contributed by atoms with Gasteiger partial charge < -0.3 is 9.47 Å². The van der Waals surface area contributed by atoms with Crippen LogP contribution in [0.25, 0.3) is 17.1 Å². The molecule has 0 amide bonds. The van der Waals surface area contributed by atoms with E-state index in [0.717, 1.165) is 15.7 Å². The van der Waals surface area contributed by atoms with E-state index in [1.807, 2.05) is 22.8 Å². The second kappa shape index (κ2) is 6.65. The van der Waals surface area contributed by atoms with Crippen molar-refractivity contribution in [3.63, 3.8) is 0 Å². The third-order valence-electron chi connectivity index (χ3n) is 4.08. The first-order valence-corrected chi connectivity index (χ1v) is 8.88. The van der Waals surface area contributed by atoms with E-state index in [-0.39, 0.29) is 5.69 Å². The number of hydrogen-bond donors (Lipinski definition) is 0. The Labute approximate surface area is 157 Å². The van der Waals surface area contributed by atoms with Crippen molar-refractivity contribution in [1.82, 2.24) is 24.3 Å². The molecule has 8 nitrogen and oxygen atoms in total. The van der Waals surface area contributed by atoms with Crippen LogP contribution < -0.4 is 0 Å². The zero-order valence-corrected chi connectivity index (χ0v) is 15.9. The molecule has 0 atom stereocenters. The number of aromatic nitrogens is 5. The predicted octanol–water partition coefficient (Wildman–Crippen LogP) is 2.58. The first-order valence-electron chi connectivity index (χ1n) is 8.08. The topological polar surface area (TPSA) is 84.1 Å².